The first-order chi connectivity index (χ1) is 6.66. The fraction of sp³-hybridized carbons (Fsp3) is 0.500. The minimum atomic E-state index is -0.622. The molecule has 1 aliphatic rings. The van der Waals surface area contributed by atoms with Gasteiger partial charge in [0.25, 0.3) is 0 Å². The Morgan fingerprint density at radius 3 is 3.07 bits per heavy atom. The Hall–Kier alpha value is -1.40. The Morgan fingerprint density at radius 2 is 2.57 bits per heavy atom. The molecule has 0 spiro atoms. The number of aliphatic hydroxyl groups is 1. The van der Waals surface area contributed by atoms with Gasteiger partial charge in [0.1, 0.15) is 12.7 Å². The van der Waals surface area contributed by atoms with Crippen molar-refractivity contribution in [1.82, 2.24) is 10.2 Å². The molecule has 1 amide bonds. The third kappa shape index (κ3) is 1.61. The van der Waals surface area contributed by atoms with Crippen LogP contribution in [0.2, 0.25) is 0 Å². The average molecular weight is 198 g/mol. The van der Waals surface area contributed by atoms with Crippen LogP contribution in [0.4, 0.5) is 0 Å². The SMILES string of the molecule is Cc1cc(C(=O)N2C[C@@H](O)CO2)on1. The Bertz CT molecular complexity index is 349. The fourth-order valence-electron chi connectivity index (χ4n) is 1.20. The Labute approximate surface area is 80.0 Å². The zero-order valence-corrected chi connectivity index (χ0v) is 7.64. The maximum atomic E-state index is 11.6. The van der Waals surface area contributed by atoms with Crippen molar-refractivity contribution in [3.05, 3.63) is 17.5 Å². The van der Waals surface area contributed by atoms with Gasteiger partial charge in [0.2, 0.25) is 5.76 Å². The molecule has 1 saturated heterocycles. The number of carbonyl (C=O) groups excluding carboxylic acids is 1. The first-order valence-corrected chi connectivity index (χ1v) is 4.23. The summed E-state index contributed by atoms with van der Waals surface area (Å²) < 4.78 is 4.77. The van der Waals surface area contributed by atoms with Crippen LogP contribution >= 0.6 is 0 Å². The molecule has 0 saturated carbocycles. The number of carbonyl (C=O) groups is 1. The van der Waals surface area contributed by atoms with Crippen molar-refractivity contribution in [2.45, 2.75) is 13.0 Å². The molecular weight excluding hydrogens is 188 g/mol. The van der Waals surface area contributed by atoms with Crippen molar-refractivity contribution in [1.29, 1.82) is 0 Å². The van der Waals surface area contributed by atoms with E-state index in [0.29, 0.717) is 5.69 Å². The number of aryl methyl sites for hydroxylation is 1. The minimum absolute atomic E-state index is 0.122. The van der Waals surface area contributed by atoms with Crippen molar-refractivity contribution in [2.75, 3.05) is 13.2 Å². The summed E-state index contributed by atoms with van der Waals surface area (Å²) in [7, 11) is 0. The number of aliphatic hydroxyl groups excluding tert-OH is 1. The van der Waals surface area contributed by atoms with Gasteiger partial charge >= 0.3 is 5.91 Å². The molecule has 0 aliphatic carbocycles. The molecule has 76 valence electrons. The van der Waals surface area contributed by atoms with Gasteiger partial charge in [0.05, 0.1) is 12.2 Å². The number of rotatable bonds is 1. The van der Waals surface area contributed by atoms with Crippen molar-refractivity contribution in [3.63, 3.8) is 0 Å². The fourth-order valence-corrected chi connectivity index (χ4v) is 1.20. The van der Waals surface area contributed by atoms with Gasteiger partial charge in [0, 0.05) is 6.07 Å². The van der Waals surface area contributed by atoms with E-state index in [1.807, 2.05) is 0 Å². The summed E-state index contributed by atoms with van der Waals surface area (Å²) in [6.07, 6.45) is -0.622. The number of β-amino-alcohol motifs (C(OH)–C–C–N with tert-alkyl or cyclic N) is 1. The predicted octanol–water partition coefficient (Wildman–Crippen LogP) is -0.269. The van der Waals surface area contributed by atoms with Crippen molar-refractivity contribution < 1.29 is 19.3 Å². The monoisotopic (exact) mass is 198 g/mol. The van der Waals surface area contributed by atoms with Gasteiger partial charge in [-0.3, -0.25) is 9.63 Å². The number of nitrogens with zero attached hydrogens (tertiary/aromatic N) is 2. The van der Waals surface area contributed by atoms with Crippen LogP contribution in [-0.2, 0) is 4.84 Å². The largest absolute Gasteiger partial charge is 0.389 e. The number of hydrogen-bond acceptors (Lipinski definition) is 5. The van der Waals surface area contributed by atoms with E-state index < -0.39 is 12.0 Å². The maximum absolute atomic E-state index is 11.6. The molecule has 0 unspecified atom stereocenters. The Morgan fingerprint density at radius 1 is 1.79 bits per heavy atom. The third-order valence-electron chi connectivity index (χ3n) is 1.86. The topological polar surface area (TPSA) is 75.8 Å². The lowest BCUT2D eigenvalue weighted by molar-refractivity contribution is -0.0798. The van der Waals surface area contributed by atoms with E-state index >= 15 is 0 Å². The summed E-state index contributed by atoms with van der Waals surface area (Å²) in [5.74, 6) is -0.293. The molecule has 14 heavy (non-hydrogen) atoms. The van der Waals surface area contributed by atoms with E-state index in [0.717, 1.165) is 5.06 Å². The zero-order valence-electron chi connectivity index (χ0n) is 7.64. The zero-order chi connectivity index (χ0) is 10.1. The van der Waals surface area contributed by atoms with Crippen LogP contribution in [0.5, 0.6) is 0 Å². The molecule has 0 aromatic carbocycles. The van der Waals surface area contributed by atoms with Crippen LogP contribution in [0, 0.1) is 6.92 Å². The lowest BCUT2D eigenvalue weighted by Crippen LogP contribution is -2.28. The average Bonchev–Trinajstić information content (AvgIpc) is 2.73. The van der Waals surface area contributed by atoms with Crippen LogP contribution in [-0.4, -0.2) is 40.5 Å². The highest BCUT2D eigenvalue weighted by Crippen LogP contribution is 2.12. The molecule has 1 fully saturated rings. The number of hydroxylamine groups is 2. The van der Waals surface area contributed by atoms with E-state index in [4.69, 9.17) is 14.5 Å². The Kier molecular flexibility index (Phi) is 2.22. The molecule has 6 heteroatoms. The second kappa shape index (κ2) is 3.39. The van der Waals surface area contributed by atoms with Crippen LogP contribution in [0.1, 0.15) is 16.2 Å². The van der Waals surface area contributed by atoms with Crippen molar-refractivity contribution >= 4 is 5.91 Å². The first-order valence-electron chi connectivity index (χ1n) is 4.23. The van der Waals surface area contributed by atoms with Crippen molar-refractivity contribution in [2.24, 2.45) is 0 Å². The quantitative estimate of drug-likeness (QED) is 0.672. The number of hydrogen-bond donors (Lipinski definition) is 1. The lowest BCUT2D eigenvalue weighted by atomic mass is 10.3. The molecule has 6 nitrogen and oxygen atoms in total. The third-order valence-corrected chi connectivity index (χ3v) is 1.86. The van der Waals surface area contributed by atoms with Gasteiger partial charge in [-0.1, -0.05) is 5.16 Å². The molecule has 1 aromatic heterocycles. The number of aromatic nitrogens is 1. The molecule has 1 aromatic rings. The van der Waals surface area contributed by atoms with Gasteiger partial charge in [0.15, 0.2) is 0 Å². The summed E-state index contributed by atoms with van der Waals surface area (Å²) in [5, 5.41) is 13.8. The van der Waals surface area contributed by atoms with E-state index in [2.05, 4.69) is 5.16 Å². The first kappa shape index (κ1) is 9.17. The van der Waals surface area contributed by atoms with Crippen LogP contribution in [0.15, 0.2) is 10.6 Å². The molecule has 2 rings (SSSR count). The van der Waals surface area contributed by atoms with Crippen LogP contribution in [0.3, 0.4) is 0 Å². The molecule has 2 heterocycles. The molecule has 1 aliphatic heterocycles. The predicted molar refractivity (Wildman–Crippen MR) is 44.2 cm³/mol. The highest BCUT2D eigenvalue weighted by molar-refractivity contribution is 5.90. The van der Waals surface area contributed by atoms with Gasteiger partial charge in [-0.25, -0.2) is 5.06 Å². The molecule has 0 radical (unpaired) electrons. The summed E-state index contributed by atoms with van der Waals surface area (Å²) in [5.41, 5.74) is 0.632. The maximum Gasteiger partial charge on any atom is 0.316 e. The molecule has 1 N–H and O–H groups in total. The van der Waals surface area contributed by atoms with Gasteiger partial charge in [-0.05, 0) is 6.92 Å². The van der Waals surface area contributed by atoms with Crippen LogP contribution in [0.25, 0.3) is 0 Å². The normalized spacial score (nSPS) is 21.6. The summed E-state index contributed by atoms with van der Waals surface area (Å²) in [6.45, 7) is 2.03. The van der Waals surface area contributed by atoms with E-state index in [1.54, 1.807) is 6.92 Å². The highest BCUT2D eigenvalue weighted by atomic mass is 16.7. The van der Waals surface area contributed by atoms with E-state index in [1.165, 1.54) is 6.07 Å². The molecular formula is C8H10N2O4. The summed E-state index contributed by atoms with van der Waals surface area (Å²) >= 11 is 0. The smallest absolute Gasteiger partial charge is 0.316 e. The lowest BCUT2D eigenvalue weighted by Gasteiger charge is -2.10. The van der Waals surface area contributed by atoms with Gasteiger partial charge in [-0.15, -0.1) is 0 Å². The standard InChI is InChI=1S/C8H10N2O4/c1-5-2-7(14-9-5)8(12)10-3-6(11)4-13-10/h2,6,11H,3-4H2,1H3/t6-/m1/s1. The minimum Gasteiger partial charge on any atom is -0.389 e. The number of amides is 1. The second-order valence-electron chi connectivity index (χ2n) is 3.15. The Balaban J connectivity index is 2.09. The van der Waals surface area contributed by atoms with E-state index in [-0.39, 0.29) is 18.9 Å². The van der Waals surface area contributed by atoms with Crippen molar-refractivity contribution in [3.8, 4) is 0 Å². The summed E-state index contributed by atoms with van der Waals surface area (Å²) in [6, 6.07) is 1.52. The second-order valence-corrected chi connectivity index (χ2v) is 3.15. The van der Waals surface area contributed by atoms with Gasteiger partial charge < -0.3 is 9.63 Å². The summed E-state index contributed by atoms with van der Waals surface area (Å²) in [4.78, 5) is 16.5. The molecule has 1 atom stereocenters. The van der Waals surface area contributed by atoms with Crippen LogP contribution < -0.4 is 0 Å². The van der Waals surface area contributed by atoms with E-state index in [9.17, 15) is 4.79 Å². The van der Waals surface area contributed by atoms with Gasteiger partial charge in [-0.2, -0.15) is 0 Å². The molecule has 0 bridgehead atoms. The highest BCUT2D eigenvalue weighted by Gasteiger charge is 2.29.